The molecule has 0 aromatic rings. The third-order valence-corrected chi connectivity index (χ3v) is 1.63. The van der Waals surface area contributed by atoms with Gasteiger partial charge in [-0.2, -0.15) is 0 Å². The molecule has 14 heavy (non-hydrogen) atoms. The molecule has 0 aromatic carbocycles. The van der Waals surface area contributed by atoms with Crippen molar-refractivity contribution in [2.24, 2.45) is 0 Å². The van der Waals surface area contributed by atoms with Gasteiger partial charge in [0.25, 0.3) is 0 Å². The van der Waals surface area contributed by atoms with E-state index in [1.807, 2.05) is 13.8 Å². The van der Waals surface area contributed by atoms with E-state index in [0.717, 1.165) is 0 Å². The molecule has 0 heterocycles. The van der Waals surface area contributed by atoms with E-state index < -0.39 is 0 Å². The monoisotopic (exact) mass is 201 g/mol. The molecule has 0 aromatic heterocycles. The lowest BCUT2D eigenvalue weighted by molar-refractivity contribution is -0.129. The molecule has 5 nitrogen and oxygen atoms in total. The maximum Gasteiger partial charge on any atom is 0.317 e. The van der Waals surface area contributed by atoms with Crippen molar-refractivity contribution in [3.05, 3.63) is 0 Å². The summed E-state index contributed by atoms with van der Waals surface area (Å²) in [6.07, 6.45) is 0. The fraction of sp³-hybridized carbons (Fsp3) is 0.778. The Morgan fingerprint density at radius 2 is 1.71 bits per heavy atom. The van der Waals surface area contributed by atoms with Gasteiger partial charge in [0.05, 0.1) is 0 Å². The fourth-order valence-corrected chi connectivity index (χ4v) is 0.773. The van der Waals surface area contributed by atoms with Crippen LogP contribution in [0.25, 0.3) is 0 Å². The highest BCUT2D eigenvalue weighted by Crippen LogP contribution is 1.89. The van der Waals surface area contributed by atoms with Gasteiger partial charge in [-0.15, -0.1) is 0 Å². The molecule has 0 aliphatic carbocycles. The lowest BCUT2D eigenvalue weighted by Gasteiger charge is -2.20. The first-order valence-electron chi connectivity index (χ1n) is 4.56. The molecule has 0 bridgehead atoms. The summed E-state index contributed by atoms with van der Waals surface area (Å²) >= 11 is 0. The van der Waals surface area contributed by atoms with E-state index in [9.17, 15) is 9.59 Å². The summed E-state index contributed by atoms with van der Waals surface area (Å²) in [7, 11) is 4.92. The smallest absolute Gasteiger partial charge is 0.317 e. The molecule has 0 saturated carbocycles. The molecule has 0 rings (SSSR count). The molecule has 1 N–H and O–H groups in total. The van der Waals surface area contributed by atoms with Crippen LogP contribution < -0.4 is 5.32 Å². The Balaban J connectivity index is 4.01. The van der Waals surface area contributed by atoms with Gasteiger partial charge >= 0.3 is 6.03 Å². The third kappa shape index (κ3) is 4.69. The Morgan fingerprint density at radius 3 is 2.07 bits per heavy atom. The Bertz CT molecular complexity index is 214. The minimum Gasteiger partial charge on any atom is -0.347 e. The van der Waals surface area contributed by atoms with Gasteiger partial charge in [-0.25, -0.2) is 4.79 Å². The van der Waals surface area contributed by atoms with Crippen LogP contribution in [0.3, 0.4) is 0 Å². The van der Waals surface area contributed by atoms with Gasteiger partial charge in [0.2, 0.25) is 5.91 Å². The van der Waals surface area contributed by atoms with Crippen molar-refractivity contribution < 1.29 is 9.59 Å². The van der Waals surface area contributed by atoms with Gasteiger partial charge in [0.15, 0.2) is 0 Å². The van der Waals surface area contributed by atoms with Gasteiger partial charge in [-0.3, -0.25) is 4.79 Å². The minimum absolute atomic E-state index is 0.0828. The second kappa shape index (κ2) is 5.47. The van der Waals surface area contributed by atoms with Crippen LogP contribution >= 0.6 is 0 Å². The summed E-state index contributed by atoms with van der Waals surface area (Å²) in [6, 6.07) is -0.144. The van der Waals surface area contributed by atoms with Crippen LogP contribution in [0.2, 0.25) is 0 Å². The normalized spacial score (nSPS) is 9.86. The number of urea groups is 1. The molecule has 5 heteroatoms. The summed E-state index contributed by atoms with van der Waals surface area (Å²) in [5.74, 6) is -0.0913. The Labute approximate surface area is 85.1 Å². The molecule has 0 fully saturated rings. The van der Waals surface area contributed by atoms with E-state index in [-0.39, 0.29) is 24.5 Å². The van der Waals surface area contributed by atoms with Gasteiger partial charge in [0.1, 0.15) is 6.54 Å². The zero-order chi connectivity index (χ0) is 11.3. The van der Waals surface area contributed by atoms with E-state index >= 15 is 0 Å². The standard InChI is InChI=1S/C9H19N3O2/c1-7(2)10-9(14)12(5)6-8(13)11(3)4/h7H,6H2,1-5H3,(H,10,14). The molecule has 3 amide bonds. The zero-order valence-corrected chi connectivity index (χ0v) is 9.50. The average molecular weight is 201 g/mol. The first kappa shape index (κ1) is 12.7. The number of nitrogens with one attached hydrogen (secondary N) is 1. The minimum atomic E-state index is -0.227. The first-order valence-corrected chi connectivity index (χ1v) is 4.56. The Kier molecular flexibility index (Phi) is 4.97. The van der Waals surface area contributed by atoms with Crippen molar-refractivity contribution in [1.82, 2.24) is 15.1 Å². The topological polar surface area (TPSA) is 52.7 Å². The quantitative estimate of drug-likeness (QED) is 0.705. The zero-order valence-electron chi connectivity index (χ0n) is 9.50. The highest BCUT2D eigenvalue weighted by molar-refractivity contribution is 5.83. The molecular formula is C9H19N3O2. The van der Waals surface area contributed by atoms with Crippen LogP contribution in [0.1, 0.15) is 13.8 Å². The number of hydrogen-bond donors (Lipinski definition) is 1. The molecule has 0 spiro atoms. The number of amides is 3. The number of likely N-dealkylation sites (N-methyl/N-ethyl adjacent to an activating group) is 2. The van der Waals surface area contributed by atoms with E-state index in [2.05, 4.69) is 5.32 Å². The van der Waals surface area contributed by atoms with Crippen LogP contribution in [0.5, 0.6) is 0 Å². The predicted molar refractivity (Wildman–Crippen MR) is 55.0 cm³/mol. The van der Waals surface area contributed by atoms with E-state index in [4.69, 9.17) is 0 Å². The molecule has 0 radical (unpaired) electrons. The summed E-state index contributed by atoms with van der Waals surface area (Å²) in [5, 5.41) is 2.70. The number of carbonyl (C=O) groups excluding carboxylic acids is 2. The Morgan fingerprint density at radius 1 is 1.21 bits per heavy atom. The van der Waals surface area contributed by atoms with Gasteiger partial charge in [-0.05, 0) is 13.8 Å². The van der Waals surface area contributed by atoms with Crippen molar-refractivity contribution in [3.63, 3.8) is 0 Å². The van der Waals surface area contributed by atoms with Crippen LogP contribution in [-0.4, -0.2) is 55.5 Å². The maximum absolute atomic E-state index is 11.4. The van der Waals surface area contributed by atoms with Crippen LogP contribution in [0.15, 0.2) is 0 Å². The second-order valence-corrected chi connectivity index (χ2v) is 3.75. The molecule has 0 unspecified atom stereocenters. The third-order valence-electron chi connectivity index (χ3n) is 1.63. The Hall–Kier alpha value is -1.26. The lowest BCUT2D eigenvalue weighted by Crippen LogP contribution is -2.45. The second-order valence-electron chi connectivity index (χ2n) is 3.75. The van der Waals surface area contributed by atoms with Crippen molar-refractivity contribution in [2.45, 2.75) is 19.9 Å². The van der Waals surface area contributed by atoms with Crippen molar-refractivity contribution in [3.8, 4) is 0 Å². The molecule has 0 aliphatic heterocycles. The lowest BCUT2D eigenvalue weighted by atomic mass is 10.4. The maximum atomic E-state index is 11.4. The molecular weight excluding hydrogens is 182 g/mol. The van der Waals surface area contributed by atoms with Gasteiger partial charge in [0, 0.05) is 27.2 Å². The SMILES string of the molecule is CC(C)NC(=O)N(C)CC(=O)N(C)C. The molecule has 0 atom stereocenters. The summed E-state index contributed by atoms with van der Waals surface area (Å²) in [4.78, 5) is 25.4. The van der Waals surface area contributed by atoms with E-state index in [1.165, 1.54) is 9.80 Å². The number of rotatable bonds is 3. The van der Waals surface area contributed by atoms with E-state index in [1.54, 1.807) is 21.1 Å². The average Bonchev–Trinajstić information content (AvgIpc) is 2.02. The van der Waals surface area contributed by atoms with E-state index in [0.29, 0.717) is 0 Å². The molecule has 82 valence electrons. The van der Waals surface area contributed by atoms with Crippen molar-refractivity contribution in [1.29, 1.82) is 0 Å². The highest BCUT2D eigenvalue weighted by Gasteiger charge is 2.13. The summed E-state index contributed by atoms with van der Waals surface area (Å²) in [5.41, 5.74) is 0. The van der Waals surface area contributed by atoms with Crippen molar-refractivity contribution >= 4 is 11.9 Å². The first-order chi connectivity index (χ1) is 6.34. The van der Waals surface area contributed by atoms with Crippen LogP contribution in [-0.2, 0) is 4.79 Å². The number of hydrogen-bond acceptors (Lipinski definition) is 2. The number of carbonyl (C=O) groups is 2. The van der Waals surface area contributed by atoms with Crippen LogP contribution in [0.4, 0.5) is 4.79 Å². The largest absolute Gasteiger partial charge is 0.347 e. The fourth-order valence-electron chi connectivity index (χ4n) is 0.773. The highest BCUT2D eigenvalue weighted by atomic mass is 16.2. The van der Waals surface area contributed by atoms with Crippen LogP contribution in [0, 0.1) is 0 Å². The van der Waals surface area contributed by atoms with Crippen molar-refractivity contribution in [2.75, 3.05) is 27.7 Å². The molecule has 0 aliphatic rings. The van der Waals surface area contributed by atoms with Gasteiger partial charge in [-0.1, -0.05) is 0 Å². The summed E-state index contributed by atoms with van der Waals surface area (Å²) in [6.45, 7) is 3.85. The van der Waals surface area contributed by atoms with Gasteiger partial charge < -0.3 is 15.1 Å². The molecule has 0 saturated heterocycles. The number of nitrogens with zero attached hydrogens (tertiary/aromatic N) is 2. The summed E-state index contributed by atoms with van der Waals surface area (Å²) < 4.78 is 0. The predicted octanol–water partition coefficient (Wildman–Crippen LogP) is 0.124.